The number of nitrogens with zero attached hydrogens (tertiary/aromatic N) is 1. The molecule has 0 aliphatic carbocycles. The molecule has 0 radical (unpaired) electrons. The molecule has 0 amide bonds. The van der Waals surface area contributed by atoms with Crippen molar-refractivity contribution in [3.05, 3.63) is 40.1 Å². The highest BCUT2D eigenvalue weighted by Gasteiger charge is 2.01. The maximum atomic E-state index is 5.89. The van der Waals surface area contributed by atoms with Gasteiger partial charge in [0.2, 0.25) is 0 Å². The van der Waals surface area contributed by atoms with Gasteiger partial charge < -0.3 is 11.1 Å². The molecule has 0 unspecified atom stereocenters. The van der Waals surface area contributed by atoms with Gasteiger partial charge in [-0.05, 0) is 43.5 Å². The number of H-pyrrole nitrogens is 1. The lowest BCUT2D eigenvalue weighted by atomic mass is 10.1. The van der Waals surface area contributed by atoms with Crippen LogP contribution in [0, 0.1) is 6.92 Å². The number of aryl methyl sites for hydroxylation is 2. The third-order valence-electron chi connectivity index (χ3n) is 2.89. The highest BCUT2D eigenvalue weighted by molar-refractivity contribution is 9.10. The molecule has 1 aromatic carbocycles. The van der Waals surface area contributed by atoms with Crippen LogP contribution >= 0.6 is 15.9 Å². The monoisotopic (exact) mass is 308 g/mol. The summed E-state index contributed by atoms with van der Waals surface area (Å²) in [7, 11) is 0. The minimum absolute atomic E-state index is 0.776. The number of benzene rings is 1. The van der Waals surface area contributed by atoms with E-state index in [1.54, 1.807) is 0 Å². The molecule has 2 aromatic rings. The van der Waals surface area contributed by atoms with Crippen LogP contribution in [0.2, 0.25) is 0 Å². The molecule has 96 valence electrons. The number of hydrogen-bond acceptors (Lipinski definition) is 3. The predicted octanol–water partition coefficient (Wildman–Crippen LogP) is 3.11. The molecule has 18 heavy (non-hydrogen) atoms. The van der Waals surface area contributed by atoms with Crippen LogP contribution in [-0.4, -0.2) is 16.7 Å². The number of rotatable bonds is 5. The minimum atomic E-state index is 0.776. The van der Waals surface area contributed by atoms with Gasteiger partial charge in [-0.15, -0.1) is 0 Å². The van der Waals surface area contributed by atoms with E-state index >= 15 is 0 Å². The molecule has 0 aliphatic heterocycles. The number of anilines is 2. The Hall–Kier alpha value is -1.49. The van der Waals surface area contributed by atoms with Gasteiger partial charge >= 0.3 is 0 Å². The van der Waals surface area contributed by atoms with Crippen molar-refractivity contribution in [1.82, 2.24) is 10.2 Å². The zero-order valence-corrected chi connectivity index (χ0v) is 11.9. The maximum absolute atomic E-state index is 5.89. The van der Waals surface area contributed by atoms with Gasteiger partial charge in [0.25, 0.3) is 0 Å². The summed E-state index contributed by atoms with van der Waals surface area (Å²) >= 11 is 3.44. The summed E-state index contributed by atoms with van der Waals surface area (Å²) in [5, 5.41) is 10.3. The predicted molar refractivity (Wildman–Crippen MR) is 78.7 cm³/mol. The topological polar surface area (TPSA) is 66.7 Å². The first-order valence-electron chi connectivity index (χ1n) is 5.94. The second-order valence-corrected chi connectivity index (χ2v) is 5.20. The van der Waals surface area contributed by atoms with Crippen LogP contribution in [0.25, 0.3) is 0 Å². The van der Waals surface area contributed by atoms with Crippen molar-refractivity contribution in [1.29, 1.82) is 0 Å². The lowest BCUT2D eigenvalue weighted by molar-refractivity contribution is 0.857. The van der Waals surface area contributed by atoms with Crippen LogP contribution < -0.4 is 11.1 Å². The lowest BCUT2D eigenvalue weighted by Gasteiger charge is -2.09. The van der Waals surface area contributed by atoms with Crippen molar-refractivity contribution < 1.29 is 0 Å². The molecule has 0 atom stereocenters. The van der Waals surface area contributed by atoms with Gasteiger partial charge in [0.15, 0.2) is 0 Å². The van der Waals surface area contributed by atoms with Crippen LogP contribution in [0.5, 0.6) is 0 Å². The smallest absolute Gasteiger partial charge is 0.0585 e. The summed E-state index contributed by atoms with van der Waals surface area (Å²) in [6.07, 6.45) is 3.96. The third-order valence-corrected chi connectivity index (χ3v) is 3.38. The Kier molecular flexibility index (Phi) is 4.25. The molecule has 0 spiro atoms. The van der Waals surface area contributed by atoms with Gasteiger partial charge in [-0.25, -0.2) is 0 Å². The molecule has 0 saturated heterocycles. The molecular weight excluding hydrogens is 292 g/mol. The summed E-state index contributed by atoms with van der Waals surface area (Å²) in [5.41, 5.74) is 10.1. The Morgan fingerprint density at radius 2 is 2.28 bits per heavy atom. The standard InChI is InChI=1S/C13H17BrN4/c1-9-10(8-17-18-9)3-2-6-16-13-7-11(14)4-5-12(13)15/h4-5,7-8,16H,2-3,6,15H2,1H3,(H,17,18). The Balaban J connectivity index is 1.82. The summed E-state index contributed by atoms with van der Waals surface area (Å²) < 4.78 is 1.03. The van der Waals surface area contributed by atoms with Crippen molar-refractivity contribution in [3.63, 3.8) is 0 Å². The van der Waals surface area contributed by atoms with E-state index in [9.17, 15) is 0 Å². The van der Waals surface area contributed by atoms with Crippen molar-refractivity contribution in [3.8, 4) is 0 Å². The van der Waals surface area contributed by atoms with E-state index < -0.39 is 0 Å². The molecule has 0 saturated carbocycles. The quantitative estimate of drug-likeness (QED) is 0.587. The molecule has 1 aromatic heterocycles. The molecular formula is C13H17BrN4. The normalized spacial score (nSPS) is 10.6. The summed E-state index contributed by atoms with van der Waals surface area (Å²) in [5.74, 6) is 0. The zero-order valence-electron chi connectivity index (χ0n) is 10.3. The van der Waals surface area contributed by atoms with Gasteiger partial charge in [-0.1, -0.05) is 15.9 Å². The van der Waals surface area contributed by atoms with Crippen molar-refractivity contribution >= 4 is 27.3 Å². The van der Waals surface area contributed by atoms with Crippen LogP contribution in [0.4, 0.5) is 11.4 Å². The number of nitrogen functional groups attached to an aromatic ring is 1. The first kappa shape index (κ1) is 13.0. The minimum Gasteiger partial charge on any atom is -0.397 e. The SMILES string of the molecule is Cc1[nH]ncc1CCCNc1cc(Br)ccc1N. The zero-order chi connectivity index (χ0) is 13.0. The highest BCUT2D eigenvalue weighted by Crippen LogP contribution is 2.23. The van der Waals surface area contributed by atoms with Gasteiger partial charge in [-0.3, -0.25) is 5.10 Å². The summed E-state index contributed by atoms with van der Waals surface area (Å²) in [6.45, 7) is 2.94. The first-order valence-corrected chi connectivity index (χ1v) is 6.74. The van der Waals surface area contributed by atoms with Crippen LogP contribution in [-0.2, 0) is 6.42 Å². The number of aromatic amines is 1. The van der Waals surface area contributed by atoms with Crippen molar-refractivity contribution in [2.45, 2.75) is 19.8 Å². The van der Waals surface area contributed by atoms with Gasteiger partial charge in [-0.2, -0.15) is 5.10 Å². The Morgan fingerprint density at radius 1 is 1.44 bits per heavy atom. The molecule has 1 heterocycles. The van der Waals surface area contributed by atoms with E-state index in [4.69, 9.17) is 5.73 Å². The number of aromatic nitrogens is 2. The van der Waals surface area contributed by atoms with E-state index in [0.29, 0.717) is 0 Å². The molecule has 4 nitrogen and oxygen atoms in total. The Bertz CT molecular complexity index is 521. The van der Waals surface area contributed by atoms with Crippen LogP contribution in [0.3, 0.4) is 0 Å². The molecule has 0 fully saturated rings. The highest BCUT2D eigenvalue weighted by atomic mass is 79.9. The average molecular weight is 309 g/mol. The number of nitrogens with one attached hydrogen (secondary N) is 2. The van der Waals surface area contributed by atoms with Crippen LogP contribution in [0.1, 0.15) is 17.7 Å². The van der Waals surface area contributed by atoms with E-state index in [1.165, 1.54) is 5.56 Å². The second-order valence-electron chi connectivity index (χ2n) is 4.28. The van der Waals surface area contributed by atoms with Gasteiger partial charge in [0.05, 0.1) is 17.6 Å². The molecule has 4 N–H and O–H groups in total. The van der Waals surface area contributed by atoms with Crippen molar-refractivity contribution in [2.24, 2.45) is 0 Å². The van der Waals surface area contributed by atoms with Crippen LogP contribution in [0.15, 0.2) is 28.9 Å². The van der Waals surface area contributed by atoms with E-state index in [-0.39, 0.29) is 0 Å². The Labute approximate surface area is 115 Å². The maximum Gasteiger partial charge on any atom is 0.0585 e. The largest absolute Gasteiger partial charge is 0.397 e. The summed E-state index contributed by atoms with van der Waals surface area (Å²) in [4.78, 5) is 0. The van der Waals surface area contributed by atoms with Gasteiger partial charge in [0.1, 0.15) is 0 Å². The molecule has 0 aliphatic rings. The summed E-state index contributed by atoms with van der Waals surface area (Å²) in [6, 6.07) is 5.83. The molecule has 5 heteroatoms. The van der Waals surface area contributed by atoms with E-state index in [2.05, 4.69) is 31.4 Å². The lowest BCUT2D eigenvalue weighted by Crippen LogP contribution is -2.05. The first-order chi connectivity index (χ1) is 8.66. The van der Waals surface area contributed by atoms with Gasteiger partial charge in [0, 0.05) is 16.7 Å². The molecule has 2 rings (SSSR count). The second kappa shape index (κ2) is 5.91. The number of hydrogen-bond donors (Lipinski definition) is 3. The number of halogens is 1. The third kappa shape index (κ3) is 3.26. The molecule has 0 bridgehead atoms. The fraction of sp³-hybridized carbons (Fsp3) is 0.308. The fourth-order valence-electron chi connectivity index (χ4n) is 1.81. The van der Waals surface area contributed by atoms with E-state index in [0.717, 1.165) is 40.9 Å². The van der Waals surface area contributed by atoms with Crippen molar-refractivity contribution in [2.75, 3.05) is 17.6 Å². The number of nitrogens with two attached hydrogens (primary N) is 1. The fourth-order valence-corrected chi connectivity index (χ4v) is 2.17. The average Bonchev–Trinajstić information content (AvgIpc) is 2.75. The van der Waals surface area contributed by atoms with E-state index in [1.807, 2.05) is 31.3 Å². The Morgan fingerprint density at radius 3 is 3.00 bits per heavy atom.